The van der Waals surface area contributed by atoms with E-state index in [1.807, 2.05) is 23.6 Å². The first-order valence-electron chi connectivity index (χ1n) is 13.0. The second-order valence-electron chi connectivity index (χ2n) is 9.70. The summed E-state index contributed by atoms with van der Waals surface area (Å²) in [7, 11) is 0. The number of tetrazole rings is 1. The zero-order valence-corrected chi connectivity index (χ0v) is 21.5. The Hall–Kier alpha value is -3.74. The monoisotopic (exact) mass is 526 g/mol. The fourth-order valence-electron chi connectivity index (χ4n) is 5.32. The zero-order valence-electron chi connectivity index (χ0n) is 21.5. The van der Waals surface area contributed by atoms with Crippen LogP contribution in [0.5, 0.6) is 0 Å². The molecule has 2 N–H and O–H groups in total. The molecule has 2 aliphatic rings. The summed E-state index contributed by atoms with van der Waals surface area (Å²) >= 11 is 0. The molecule has 0 spiro atoms. The Balaban J connectivity index is 1.22. The van der Waals surface area contributed by atoms with Crippen LogP contribution in [-0.2, 0) is 6.54 Å². The van der Waals surface area contributed by atoms with Crippen molar-refractivity contribution in [2.75, 3.05) is 42.5 Å². The molecule has 2 fully saturated rings. The molecule has 2 aromatic heterocycles. The number of nitrogens with two attached hydrogens (primary N) is 1. The van der Waals surface area contributed by atoms with Crippen LogP contribution >= 0.6 is 0 Å². The Morgan fingerprint density at radius 3 is 2.47 bits per heavy atom. The molecule has 1 aromatic carbocycles. The molecule has 13 heteroatoms. The number of rotatable bonds is 7. The third-order valence-corrected chi connectivity index (χ3v) is 7.41. The SMILES string of the molecule is CCN(C(=O)c1cnc(N2C[C@H](c3cc(F)ccc3F)[C@@H](N)C2)nc1)C1CCN(c2nnn(CC)n2)CC1. The number of halogens is 2. The summed E-state index contributed by atoms with van der Waals surface area (Å²) in [6.45, 7) is 7.39. The van der Waals surface area contributed by atoms with Crippen LogP contribution in [0, 0.1) is 11.6 Å². The minimum atomic E-state index is -0.502. The highest BCUT2D eigenvalue weighted by atomic mass is 19.1. The van der Waals surface area contributed by atoms with E-state index in [2.05, 4.69) is 30.3 Å². The van der Waals surface area contributed by atoms with Gasteiger partial charge in [-0.05, 0) is 55.7 Å². The maximum absolute atomic E-state index is 14.3. The van der Waals surface area contributed by atoms with Gasteiger partial charge in [0, 0.05) is 63.1 Å². The summed E-state index contributed by atoms with van der Waals surface area (Å²) in [4.78, 5) is 29.5. The average Bonchev–Trinajstić information content (AvgIpc) is 3.58. The van der Waals surface area contributed by atoms with Crippen molar-refractivity contribution in [3.8, 4) is 0 Å². The number of carbonyl (C=O) groups excluding carboxylic acids is 1. The Labute approximate surface area is 219 Å². The van der Waals surface area contributed by atoms with Gasteiger partial charge in [0.1, 0.15) is 11.6 Å². The van der Waals surface area contributed by atoms with Crippen molar-refractivity contribution >= 4 is 17.8 Å². The number of piperidine rings is 1. The van der Waals surface area contributed by atoms with Gasteiger partial charge in [-0.2, -0.15) is 4.80 Å². The van der Waals surface area contributed by atoms with E-state index in [4.69, 9.17) is 5.73 Å². The van der Waals surface area contributed by atoms with Gasteiger partial charge in [0.2, 0.25) is 5.95 Å². The lowest BCUT2D eigenvalue weighted by atomic mass is 9.94. The molecule has 202 valence electrons. The first kappa shape index (κ1) is 25.9. The number of hydrogen-bond donors (Lipinski definition) is 1. The maximum atomic E-state index is 14.3. The van der Waals surface area contributed by atoms with Gasteiger partial charge in [0.05, 0.1) is 12.1 Å². The number of anilines is 2. The van der Waals surface area contributed by atoms with Gasteiger partial charge in [0.15, 0.2) is 0 Å². The molecule has 2 atom stereocenters. The maximum Gasteiger partial charge on any atom is 0.266 e. The van der Waals surface area contributed by atoms with Gasteiger partial charge in [-0.1, -0.05) is 5.10 Å². The predicted molar refractivity (Wildman–Crippen MR) is 137 cm³/mol. The van der Waals surface area contributed by atoms with E-state index in [0.717, 1.165) is 38.1 Å². The Kier molecular flexibility index (Phi) is 7.45. The summed E-state index contributed by atoms with van der Waals surface area (Å²) in [5, 5.41) is 12.5. The van der Waals surface area contributed by atoms with E-state index in [1.54, 1.807) is 4.80 Å². The number of hydrogen-bond acceptors (Lipinski definition) is 9. The van der Waals surface area contributed by atoms with E-state index in [1.165, 1.54) is 18.5 Å². The van der Waals surface area contributed by atoms with Crippen molar-refractivity contribution in [1.82, 2.24) is 35.1 Å². The second kappa shape index (κ2) is 10.9. The molecular formula is C25H32F2N10O. The van der Waals surface area contributed by atoms with Crippen LogP contribution in [0.1, 0.15) is 48.5 Å². The lowest BCUT2D eigenvalue weighted by molar-refractivity contribution is 0.0662. The smallest absolute Gasteiger partial charge is 0.266 e. The molecule has 4 heterocycles. The zero-order chi connectivity index (χ0) is 26.8. The first-order valence-corrected chi connectivity index (χ1v) is 13.0. The van der Waals surface area contributed by atoms with Gasteiger partial charge in [0.25, 0.3) is 11.9 Å². The Morgan fingerprint density at radius 1 is 1.08 bits per heavy atom. The number of aryl methyl sites for hydroxylation is 1. The normalized spacial score (nSPS) is 20.2. The number of carbonyl (C=O) groups is 1. The summed E-state index contributed by atoms with van der Waals surface area (Å²) in [5.74, 6) is -0.472. The number of benzene rings is 1. The van der Waals surface area contributed by atoms with Crippen LogP contribution in [0.15, 0.2) is 30.6 Å². The van der Waals surface area contributed by atoms with Gasteiger partial charge in [-0.25, -0.2) is 18.7 Å². The number of aromatic nitrogens is 6. The molecule has 0 unspecified atom stereocenters. The van der Waals surface area contributed by atoms with Crippen molar-refractivity contribution in [2.45, 2.75) is 51.2 Å². The summed E-state index contributed by atoms with van der Waals surface area (Å²) in [6.07, 6.45) is 4.64. The Bertz CT molecular complexity index is 1260. The third-order valence-electron chi connectivity index (χ3n) is 7.41. The van der Waals surface area contributed by atoms with Crippen LogP contribution in [0.2, 0.25) is 0 Å². The van der Waals surface area contributed by atoms with Gasteiger partial charge >= 0.3 is 0 Å². The molecule has 0 bridgehead atoms. The van der Waals surface area contributed by atoms with E-state index >= 15 is 0 Å². The molecule has 11 nitrogen and oxygen atoms in total. The topological polar surface area (TPSA) is 122 Å². The molecule has 0 radical (unpaired) electrons. The molecule has 0 saturated carbocycles. The van der Waals surface area contributed by atoms with E-state index < -0.39 is 23.6 Å². The van der Waals surface area contributed by atoms with E-state index in [0.29, 0.717) is 43.6 Å². The highest BCUT2D eigenvalue weighted by molar-refractivity contribution is 5.94. The standard InChI is InChI=1S/C25H32F2N10O/c1-3-36(18-7-9-34(10-8-18)25-31-33-37(4-2)32-25)23(38)16-12-29-24(30-13-16)35-14-20(22(28)15-35)19-11-17(26)5-6-21(19)27/h5-6,11-13,18,20,22H,3-4,7-10,14-15,28H2,1-2H3/t20-,22+/m1/s1. The van der Waals surface area contributed by atoms with E-state index in [-0.39, 0.29) is 17.5 Å². The van der Waals surface area contributed by atoms with Crippen LogP contribution < -0.4 is 15.5 Å². The lowest BCUT2D eigenvalue weighted by Crippen LogP contribution is -2.47. The highest BCUT2D eigenvalue weighted by Crippen LogP contribution is 2.31. The van der Waals surface area contributed by atoms with Gasteiger partial charge in [-0.15, -0.1) is 5.10 Å². The largest absolute Gasteiger partial charge is 0.339 e. The molecule has 3 aromatic rings. The van der Waals surface area contributed by atoms with Crippen LogP contribution in [-0.4, -0.2) is 85.8 Å². The number of nitrogens with zero attached hydrogens (tertiary/aromatic N) is 9. The fraction of sp³-hybridized carbons (Fsp3) is 0.520. The van der Waals surface area contributed by atoms with Crippen molar-refractivity contribution in [2.24, 2.45) is 5.73 Å². The summed E-state index contributed by atoms with van der Waals surface area (Å²) < 4.78 is 28.0. The highest BCUT2D eigenvalue weighted by Gasteiger charge is 2.35. The number of amides is 1. The van der Waals surface area contributed by atoms with Crippen molar-refractivity contribution in [3.05, 3.63) is 53.4 Å². The van der Waals surface area contributed by atoms with Crippen LogP contribution in [0.25, 0.3) is 0 Å². The summed E-state index contributed by atoms with van der Waals surface area (Å²) in [6, 6.07) is 3.09. The van der Waals surface area contributed by atoms with Crippen LogP contribution in [0.4, 0.5) is 20.7 Å². The quantitative estimate of drug-likeness (QED) is 0.491. The predicted octanol–water partition coefficient (Wildman–Crippen LogP) is 1.82. The molecule has 0 aliphatic carbocycles. The molecular weight excluding hydrogens is 494 g/mol. The third kappa shape index (κ3) is 5.15. The fourth-order valence-corrected chi connectivity index (χ4v) is 5.32. The van der Waals surface area contributed by atoms with Crippen molar-refractivity contribution < 1.29 is 13.6 Å². The van der Waals surface area contributed by atoms with Crippen molar-refractivity contribution in [3.63, 3.8) is 0 Å². The van der Waals surface area contributed by atoms with Gasteiger partial charge in [-0.3, -0.25) is 4.79 Å². The lowest BCUT2D eigenvalue weighted by Gasteiger charge is -2.37. The minimum Gasteiger partial charge on any atom is -0.339 e. The van der Waals surface area contributed by atoms with E-state index in [9.17, 15) is 13.6 Å². The van der Waals surface area contributed by atoms with Gasteiger partial charge < -0.3 is 20.4 Å². The molecule has 5 rings (SSSR count). The average molecular weight is 527 g/mol. The molecule has 1 amide bonds. The molecule has 38 heavy (non-hydrogen) atoms. The molecule has 2 saturated heterocycles. The Morgan fingerprint density at radius 2 is 1.82 bits per heavy atom. The summed E-state index contributed by atoms with van der Waals surface area (Å²) in [5.41, 5.74) is 6.92. The van der Waals surface area contributed by atoms with Crippen LogP contribution in [0.3, 0.4) is 0 Å². The van der Waals surface area contributed by atoms with Crippen molar-refractivity contribution in [1.29, 1.82) is 0 Å². The second-order valence-corrected chi connectivity index (χ2v) is 9.70. The first-order chi connectivity index (χ1) is 18.4. The molecule has 2 aliphatic heterocycles. The minimum absolute atomic E-state index is 0.0862.